The number of hydrogen-bond donors (Lipinski definition) is 1. The van der Waals surface area contributed by atoms with Gasteiger partial charge in [0.05, 0.1) is 6.04 Å². The van der Waals surface area contributed by atoms with Gasteiger partial charge >= 0.3 is 0 Å². The number of carbonyl (C=O) groups is 1. The fraction of sp³-hybridized carbons (Fsp3) is 0.875. The smallest absolute Gasteiger partial charge is 0.238 e. The van der Waals surface area contributed by atoms with Crippen LogP contribution in [0.25, 0.3) is 0 Å². The molecule has 0 aliphatic rings. The summed E-state index contributed by atoms with van der Waals surface area (Å²) in [6.45, 7) is 5.93. The van der Waals surface area contributed by atoms with Gasteiger partial charge < -0.3 is 10.2 Å². The highest BCUT2D eigenvalue weighted by Gasteiger charge is 2.14. The molecule has 0 aliphatic heterocycles. The van der Waals surface area contributed by atoms with E-state index in [0.717, 1.165) is 0 Å². The summed E-state index contributed by atoms with van der Waals surface area (Å²) in [5.74, 6) is 0.124. The average molecular weight is 158 g/mol. The fourth-order valence-corrected chi connectivity index (χ4v) is 0.959. The Morgan fingerprint density at radius 2 is 1.73 bits per heavy atom. The molecule has 0 aromatic carbocycles. The lowest BCUT2D eigenvalue weighted by Crippen LogP contribution is -2.44. The highest BCUT2D eigenvalue weighted by Crippen LogP contribution is 1.90. The van der Waals surface area contributed by atoms with Gasteiger partial charge in [0.1, 0.15) is 0 Å². The van der Waals surface area contributed by atoms with E-state index < -0.39 is 0 Å². The summed E-state index contributed by atoms with van der Waals surface area (Å²) >= 11 is 0. The normalized spacial score (nSPS) is 13.3. The molecule has 1 amide bonds. The molecular weight excluding hydrogens is 140 g/mol. The molecule has 0 aromatic heterocycles. The van der Waals surface area contributed by atoms with Crippen molar-refractivity contribution in [2.24, 2.45) is 0 Å². The van der Waals surface area contributed by atoms with Crippen molar-refractivity contribution in [1.29, 1.82) is 0 Å². The van der Waals surface area contributed by atoms with Crippen molar-refractivity contribution >= 4 is 5.91 Å². The van der Waals surface area contributed by atoms with E-state index in [2.05, 4.69) is 5.32 Å². The Morgan fingerprint density at radius 3 is 2.00 bits per heavy atom. The van der Waals surface area contributed by atoms with Gasteiger partial charge in [-0.2, -0.15) is 0 Å². The molecule has 0 heterocycles. The molecular formula is C8H18N2O. The molecule has 0 saturated carbocycles. The predicted octanol–water partition coefficient (Wildman–Crippen LogP) is 0.461. The van der Waals surface area contributed by atoms with Crippen LogP contribution in [0.5, 0.6) is 0 Å². The number of nitrogens with zero attached hydrogens (tertiary/aromatic N) is 1. The number of amides is 1. The lowest BCUT2D eigenvalue weighted by atomic mass is 10.2. The number of hydrogen-bond acceptors (Lipinski definition) is 2. The molecule has 0 saturated heterocycles. The molecule has 0 aliphatic carbocycles. The van der Waals surface area contributed by atoms with Crippen LogP contribution in [-0.2, 0) is 4.79 Å². The predicted molar refractivity (Wildman–Crippen MR) is 46.4 cm³/mol. The van der Waals surface area contributed by atoms with Gasteiger partial charge in [0, 0.05) is 20.1 Å². The van der Waals surface area contributed by atoms with Crippen molar-refractivity contribution in [3.8, 4) is 0 Å². The van der Waals surface area contributed by atoms with Crippen LogP contribution in [0.1, 0.15) is 20.8 Å². The first-order chi connectivity index (χ1) is 4.95. The number of carbonyl (C=O) groups excluding carboxylic acids is 1. The highest BCUT2D eigenvalue weighted by atomic mass is 16.2. The molecule has 3 nitrogen and oxygen atoms in total. The second-order valence-corrected chi connectivity index (χ2v) is 3.28. The van der Waals surface area contributed by atoms with E-state index in [1.165, 1.54) is 0 Å². The Labute approximate surface area is 68.8 Å². The summed E-state index contributed by atoms with van der Waals surface area (Å²) in [6, 6.07) is 0.277. The van der Waals surface area contributed by atoms with Gasteiger partial charge in [0.2, 0.25) is 5.91 Å². The third-order valence-electron chi connectivity index (χ3n) is 1.39. The molecule has 0 rings (SSSR count). The first kappa shape index (κ1) is 10.4. The molecule has 11 heavy (non-hydrogen) atoms. The zero-order valence-electron chi connectivity index (χ0n) is 8.01. The van der Waals surface area contributed by atoms with E-state index in [-0.39, 0.29) is 11.9 Å². The number of likely N-dealkylation sites (N-methyl/N-ethyl adjacent to an activating group) is 1. The third-order valence-corrected chi connectivity index (χ3v) is 1.39. The van der Waals surface area contributed by atoms with Gasteiger partial charge in [-0.3, -0.25) is 4.79 Å². The van der Waals surface area contributed by atoms with Gasteiger partial charge in [-0.15, -0.1) is 0 Å². The minimum Gasteiger partial charge on any atom is -0.347 e. The summed E-state index contributed by atoms with van der Waals surface area (Å²) in [6.07, 6.45) is 0. The van der Waals surface area contributed by atoms with E-state index in [1.807, 2.05) is 20.8 Å². The molecule has 0 fully saturated rings. The summed E-state index contributed by atoms with van der Waals surface area (Å²) in [7, 11) is 3.53. The monoisotopic (exact) mass is 158 g/mol. The third kappa shape index (κ3) is 3.98. The van der Waals surface area contributed by atoms with Crippen LogP contribution in [0.15, 0.2) is 0 Å². The molecule has 1 N–H and O–H groups in total. The SMILES string of the molecule is CC(C)NC(C)C(=O)N(C)C. The summed E-state index contributed by atoms with van der Waals surface area (Å²) in [4.78, 5) is 12.8. The van der Waals surface area contributed by atoms with Crippen LogP contribution < -0.4 is 5.32 Å². The zero-order valence-corrected chi connectivity index (χ0v) is 8.01. The van der Waals surface area contributed by atoms with Gasteiger partial charge in [0.25, 0.3) is 0 Å². The molecule has 0 spiro atoms. The first-order valence-electron chi connectivity index (χ1n) is 3.92. The average Bonchev–Trinajstić information content (AvgIpc) is 1.84. The van der Waals surface area contributed by atoms with Gasteiger partial charge in [-0.25, -0.2) is 0 Å². The fourth-order valence-electron chi connectivity index (χ4n) is 0.959. The maximum absolute atomic E-state index is 11.2. The summed E-state index contributed by atoms with van der Waals surface area (Å²) in [5, 5.41) is 3.13. The van der Waals surface area contributed by atoms with Crippen molar-refractivity contribution in [2.75, 3.05) is 14.1 Å². The van der Waals surface area contributed by atoms with Crippen molar-refractivity contribution in [3.63, 3.8) is 0 Å². The second-order valence-electron chi connectivity index (χ2n) is 3.28. The van der Waals surface area contributed by atoms with Crippen molar-refractivity contribution < 1.29 is 4.79 Å². The highest BCUT2D eigenvalue weighted by molar-refractivity contribution is 5.80. The minimum absolute atomic E-state index is 0.0787. The van der Waals surface area contributed by atoms with Crippen LogP contribution in [0.3, 0.4) is 0 Å². The number of nitrogens with one attached hydrogen (secondary N) is 1. The van der Waals surface area contributed by atoms with Crippen LogP contribution >= 0.6 is 0 Å². The van der Waals surface area contributed by atoms with Crippen LogP contribution in [0.2, 0.25) is 0 Å². The van der Waals surface area contributed by atoms with Crippen molar-refractivity contribution in [3.05, 3.63) is 0 Å². The van der Waals surface area contributed by atoms with E-state index in [1.54, 1.807) is 19.0 Å². The zero-order chi connectivity index (χ0) is 9.02. The van der Waals surface area contributed by atoms with Crippen LogP contribution in [0.4, 0.5) is 0 Å². The minimum atomic E-state index is -0.0787. The van der Waals surface area contributed by atoms with Crippen molar-refractivity contribution in [1.82, 2.24) is 10.2 Å². The van der Waals surface area contributed by atoms with E-state index in [0.29, 0.717) is 6.04 Å². The summed E-state index contributed by atoms with van der Waals surface area (Å²) in [5.41, 5.74) is 0. The second kappa shape index (κ2) is 4.34. The molecule has 1 atom stereocenters. The Kier molecular flexibility index (Phi) is 4.11. The van der Waals surface area contributed by atoms with E-state index in [9.17, 15) is 4.79 Å². The quantitative estimate of drug-likeness (QED) is 0.647. The standard InChI is InChI=1S/C8H18N2O/c1-6(2)9-7(3)8(11)10(4)5/h6-7,9H,1-5H3. The van der Waals surface area contributed by atoms with Gasteiger partial charge in [-0.05, 0) is 6.92 Å². The van der Waals surface area contributed by atoms with Crippen LogP contribution in [0, 0.1) is 0 Å². The van der Waals surface area contributed by atoms with Crippen LogP contribution in [-0.4, -0.2) is 37.0 Å². The lowest BCUT2D eigenvalue weighted by molar-refractivity contribution is -0.130. The molecule has 1 unspecified atom stereocenters. The maximum atomic E-state index is 11.2. The van der Waals surface area contributed by atoms with E-state index >= 15 is 0 Å². The van der Waals surface area contributed by atoms with Gasteiger partial charge in [0.15, 0.2) is 0 Å². The Hall–Kier alpha value is -0.570. The topological polar surface area (TPSA) is 32.3 Å². The molecule has 0 radical (unpaired) electrons. The van der Waals surface area contributed by atoms with Crippen molar-refractivity contribution in [2.45, 2.75) is 32.9 Å². The number of rotatable bonds is 3. The lowest BCUT2D eigenvalue weighted by Gasteiger charge is -2.19. The largest absolute Gasteiger partial charge is 0.347 e. The van der Waals surface area contributed by atoms with Gasteiger partial charge in [-0.1, -0.05) is 13.8 Å². The Bertz CT molecular complexity index is 132. The molecule has 0 aromatic rings. The molecule has 3 heteroatoms. The Balaban J connectivity index is 3.83. The first-order valence-corrected chi connectivity index (χ1v) is 3.92. The summed E-state index contributed by atoms with van der Waals surface area (Å²) < 4.78 is 0. The molecule has 66 valence electrons. The molecule has 0 bridgehead atoms. The maximum Gasteiger partial charge on any atom is 0.238 e. The Morgan fingerprint density at radius 1 is 1.27 bits per heavy atom. The van der Waals surface area contributed by atoms with E-state index in [4.69, 9.17) is 0 Å².